The Hall–Kier alpha value is -0.220. The molecule has 2 unspecified atom stereocenters. The summed E-state index contributed by atoms with van der Waals surface area (Å²) in [6.45, 7) is 2.90. The molecule has 1 saturated carbocycles. The number of halogens is 2. The van der Waals surface area contributed by atoms with Crippen LogP contribution in [0.25, 0.3) is 0 Å². The molecule has 0 aliphatic heterocycles. The molecule has 4 heteroatoms. The predicted molar refractivity (Wildman–Crippen MR) is 65.5 cm³/mol. The van der Waals surface area contributed by atoms with Crippen molar-refractivity contribution in [1.82, 2.24) is 5.32 Å². The van der Waals surface area contributed by atoms with Crippen LogP contribution in [0.5, 0.6) is 0 Å². The van der Waals surface area contributed by atoms with Gasteiger partial charge in [-0.1, -0.05) is 26.2 Å². The molecule has 1 N–H and O–H groups in total. The first-order valence-corrected chi connectivity index (χ1v) is 6.81. The average molecular weight is 249 g/mol. The Bertz CT molecular complexity index is 190. The number of alkyl halides is 2. The Balaban J connectivity index is 2.03. The van der Waals surface area contributed by atoms with E-state index in [-0.39, 0.29) is 0 Å². The summed E-state index contributed by atoms with van der Waals surface area (Å²) in [6, 6.07) is 0.557. The summed E-state index contributed by atoms with van der Waals surface area (Å²) in [5, 5.41) is 3.41. The van der Waals surface area contributed by atoms with Gasteiger partial charge in [0, 0.05) is 12.6 Å². The molecule has 1 aliphatic rings. The van der Waals surface area contributed by atoms with Crippen LogP contribution >= 0.6 is 0 Å². The zero-order chi connectivity index (χ0) is 12.5. The van der Waals surface area contributed by atoms with Crippen LogP contribution < -0.4 is 5.32 Å². The molecule has 0 saturated heterocycles. The van der Waals surface area contributed by atoms with E-state index >= 15 is 0 Å². The fourth-order valence-corrected chi connectivity index (χ4v) is 2.50. The molecule has 2 atom stereocenters. The van der Waals surface area contributed by atoms with E-state index in [0.29, 0.717) is 19.2 Å². The molecular weight excluding hydrogens is 224 g/mol. The summed E-state index contributed by atoms with van der Waals surface area (Å²) in [6.07, 6.45) is 5.29. The van der Waals surface area contributed by atoms with Gasteiger partial charge in [0.1, 0.15) is 6.61 Å². The van der Waals surface area contributed by atoms with Crippen LogP contribution in [0.3, 0.4) is 0 Å². The van der Waals surface area contributed by atoms with Crippen molar-refractivity contribution >= 4 is 0 Å². The molecule has 1 rings (SSSR count). The second kappa shape index (κ2) is 8.81. The Morgan fingerprint density at radius 2 is 2.06 bits per heavy atom. The van der Waals surface area contributed by atoms with E-state index in [1.807, 2.05) is 0 Å². The van der Waals surface area contributed by atoms with Crippen molar-refractivity contribution in [2.45, 2.75) is 57.9 Å². The minimum atomic E-state index is -2.35. The first kappa shape index (κ1) is 14.8. The summed E-state index contributed by atoms with van der Waals surface area (Å²) in [7, 11) is 0. The molecule has 0 bridgehead atoms. The van der Waals surface area contributed by atoms with Crippen molar-refractivity contribution in [3.05, 3.63) is 0 Å². The average Bonchev–Trinajstić information content (AvgIpc) is 2.53. The standard InChI is InChI=1S/C13H25F2NO/c1-2-11-4-3-5-12(7-6-11)16-8-9-17-10-13(14)15/h11-13,16H,2-10H2,1H3. The summed E-state index contributed by atoms with van der Waals surface area (Å²) in [5.74, 6) is 0.886. The minimum absolute atomic E-state index is 0.387. The van der Waals surface area contributed by atoms with Gasteiger partial charge < -0.3 is 10.1 Å². The summed E-state index contributed by atoms with van der Waals surface area (Å²) in [5.41, 5.74) is 0. The van der Waals surface area contributed by atoms with Crippen molar-refractivity contribution < 1.29 is 13.5 Å². The third-order valence-electron chi connectivity index (χ3n) is 3.59. The lowest BCUT2D eigenvalue weighted by Gasteiger charge is -2.16. The molecular formula is C13H25F2NO. The zero-order valence-electron chi connectivity index (χ0n) is 10.8. The first-order chi connectivity index (χ1) is 8.22. The van der Waals surface area contributed by atoms with Gasteiger partial charge in [-0.2, -0.15) is 0 Å². The number of hydrogen-bond acceptors (Lipinski definition) is 2. The second-order valence-electron chi connectivity index (χ2n) is 4.90. The molecule has 0 aromatic heterocycles. The SMILES string of the molecule is CCC1CCCC(NCCOCC(F)F)CC1. The second-order valence-corrected chi connectivity index (χ2v) is 4.90. The van der Waals surface area contributed by atoms with Crippen LogP contribution in [0, 0.1) is 5.92 Å². The normalized spacial score (nSPS) is 26.1. The van der Waals surface area contributed by atoms with Gasteiger partial charge in [-0.25, -0.2) is 8.78 Å². The Morgan fingerprint density at radius 3 is 2.76 bits per heavy atom. The van der Waals surface area contributed by atoms with E-state index < -0.39 is 13.0 Å². The van der Waals surface area contributed by atoms with Gasteiger partial charge in [0.25, 0.3) is 6.43 Å². The molecule has 1 aliphatic carbocycles. The maximum Gasteiger partial charge on any atom is 0.261 e. The minimum Gasteiger partial charge on any atom is -0.374 e. The zero-order valence-corrected chi connectivity index (χ0v) is 10.8. The largest absolute Gasteiger partial charge is 0.374 e. The summed E-state index contributed by atoms with van der Waals surface area (Å²) < 4.78 is 28.5. The van der Waals surface area contributed by atoms with E-state index in [1.165, 1.54) is 38.5 Å². The number of hydrogen-bond donors (Lipinski definition) is 1. The molecule has 0 heterocycles. The van der Waals surface area contributed by atoms with Gasteiger partial charge >= 0.3 is 0 Å². The third-order valence-corrected chi connectivity index (χ3v) is 3.59. The van der Waals surface area contributed by atoms with Gasteiger partial charge in [-0.15, -0.1) is 0 Å². The van der Waals surface area contributed by atoms with Gasteiger partial charge in [0.05, 0.1) is 6.61 Å². The maximum atomic E-state index is 11.8. The topological polar surface area (TPSA) is 21.3 Å². The van der Waals surface area contributed by atoms with Gasteiger partial charge in [0.2, 0.25) is 0 Å². The molecule has 0 aromatic rings. The Labute approximate surface area is 103 Å². The van der Waals surface area contributed by atoms with E-state index in [1.54, 1.807) is 0 Å². The summed E-state index contributed by atoms with van der Waals surface area (Å²) in [4.78, 5) is 0. The Morgan fingerprint density at radius 1 is 1.24 bits per heavy atom. The van der Waals surface area contributed by atoms with Crippen LogP contribution in [-0.2, 0) is 4.74 Å². The highest BCUT2D eigenvalue weighted by Crippen LogP contribution is 2.25. The van der Waals surface area contributed by atoms with Crippen LogP contribution in [0.1, 0.15) is 45.4 Å². The van der Waals surface area contributed by atoms with Gasteiger partial charge in [-0.05, 0) is 25.2 Å². The predicted octanol–water partition coefficient (Wildman–Crippen LogP) is 3.22. The lowest BCUT2D eigenvalue weighted by atomic mass is 9.98. The van der Waals surface area contributed by atoms with Crippen molar-refractivity contribution in [3.63, 3.8) is 0 Å². The first-order valence-electron chi connectivity index (χ1n) is 6.81. The van der Waals surface area contributed by atoms with E-state index in [4.69, 9.17) is 4.74 Å². The number of nitrogens with one attached hydrogen (secondary N) is 1. The molecule has 2 nitrogen and oxygen atoms in total. The fraction of sp³-hybridized carbons (Fsp3) is 1.00. The highest BCUT2D eigenvalue weighted by Gasteiger charge is 2.16. The molecule has 17 heavy (non-hydrogen) atoms. The monoisotopic (exact) mass is 249 g/mol. The van der Waals surface area contributed by atoms with E-state index in [0.717, 1.165) is 5.92 Å². The van der Waals surface area contributed by atoms with Crippen molar-refractivity contribution in [3.8, 4) is 0 Å². The molecule has 0 radical (unpaired) electrons. The number of ether oxygens (including phenoxy) is 1. The van der Waals surface area contributed by atoms with Crippen molar-refractivity contribution in [1.29, 1.82) is 0 Å². The van der Waals surface area contributed by atoms with Crippen LogP contribution in [0.2, 0.25) is 0 Å². The van der Waals surface area contributed by atoms with Crippen LogP contribution in [-0.4, -0.2) is 32.2 Å². The fourth-order valence-electron chi connectivity index (χ4n) is 2.50. The Kier molecular flexibility index (Phi) is 7.69. The summed E-state index contributed by atoms with van der Waals surface area (Å²) >= 11 is 0. The molecule has 1 fully saturated rings. The van der Waals surface area contributed by atoms with E-state index in [2.05, 4.69) is 12.2 Å². The van der Waals surface area contributed by atoms with Crippen molar-refractivity contribution in [2.24, 2.45) is 5.92 Å². The van der Waals surface area contributed by atoms with Crippen LogP contribution in [0.4, 0.5) is 8.78 Å². The number of rotatable bonds is 7. The smallest absolute Gasteiger partial charge is 0.261 e. The quantitative estimate of drug-likeness (QED) is 0.552. The molecule has 0 aromatic carbocycles. The van der Waals surface area contributed by atoms with Gasteiger partial charge in [-0.3, -0.25) is 0 Å². The molecule has 0 spiro atoms. The third kappa shape index (κ3) is 6.94. The van der Waals surface area contributed by atoms with Gasteiger partial charge in [0.15, 0.2) is 0 Å². The highest BCUT2D eigenvalue weighted by atomic mass is 19.3. The van der Waals surface area contributed by atoms with Crippen molar-refractivity contribution in [2.75, 3.05) is 19.8 Å². The molecule has 102 valence electrons. The maximum absolute atomic E-state index is 11.8. The van der Waals surface area contributed by atoms with E-state index in [9.17, 15) is 8.78 Å². The molecule has 0 amide bonds. The van der Waals surface area contributed by atoms with Crippen LogP contribution in [0.15, 0.2) is 0 Å². The lowest BCUT2D eigenvalue weighted by molar-refractivity contribution is 0.0181. The lowest BCUT2D eigenvalue weighted by Crippen LogP contribution is -2.31. The highest BCUT2D eigenvalue weighted by molar-refractivity contribution is 4.74.